The number of rotatable bonds is 10. The van der Waals surface area contributed by atoms with Gasteiger partial charge in [-0.2, -0.15) is 0 Å². The van der Waals surface area contributed by atoms with Crippen LogP contribution in [0.2, 0.25) is 0 Å². The van der Waals surface area contributed by atoms with Crippen molar-refractivity contribution in [3.05, 3.63) is 71.3 Å². The van der Waals surface area contributed by atoms with Crippen LogP contribution in [0.4, 0.5) is 0 Å². The van der Waals surface area contributed by atoms with Crippen molar-refractivity contribution >= 4 is 11.9 Å². The molecule has 0 saturated heterocycles. The molecule has 0 spiro atoms. The molecule has 2 aromatic carbocycles. The Morgan fingerprint density at radius 3 is 2.57 bits per heavy atom. The fourth-order valence-electron chi connectivity index (χ4n) is 2.67. The molecular formula is C22H30N4O2. The highest BCUT2D eigenvalue weighted by Gasteiger charge is 2.04. The summed E-state index contributed by atoms with van der Waals surface area (Å²) in [5.74, 6) is 0.702. The molecule has 3 N–H and O–H groups in total. The number of hydrogen-bond donors (Lipinski definition) is 3. The molecule has 0 aromatic heterocycles. The van der Waals surface area contributed by atoms with E-state index in [0.29, 0.717) is 25.3 Å². The predicted molar refractivity (Wildman–Crippen MR) is 114 cm³/mol. The first kappa shape index (κ1) is 21.4. The van der Waals surface area contributed by atoms with E-state index in [4.69, 9.17) is 4.74 Å². The Morgan fingerprint density at radius 1 is 1.04 bits per heavy atom. The normalized spacial score (nSPS) is 11.1. The van der Waals surface area contributed by atoms with Gasteiger partial charge < -0.3 is 20.7 Å². The highest BCUT2D eigenvalue weighted by atomic mass is 16.5. The lowest BCUT2D eigenvalue weighted by atomic mass is 10.1. The summed E-state index contributed by atoms with van der Waals surface area (Å²) >= 11 is 0. The van der Waals surface area contributed by atoms with Crippen molar-refractivity contribution in [2.24, 2.45) is 4.99 Å². The maximum atomic E-state index is 11.7. The van der Waals surface area contributed by atoms with Crippen LogP contribution >= 0.6 is 0 Å². The second kappa shape index (κ2) is 12.5. The summed E-state index contributed by atoms with van der Waals surface area (Å²) in [7, 11) is 1.64. The van der Waals surface area contributed by atoms with Crippen LogP contribution in [0.5, 0.6) is 0 Å². The monoisotopic (exact) mass is 382 g/mol. The van der Waals surface area contributed by atoms with Crippen LogP contribution in [0.25, 0.3) is 0 Å². The average molecular weight is 383 g/mol. The first-order valence-corrected chi connectivity index (χ1v) is 9.67. The summed E-state index contributed by atoms with van der Waals surface area (Å²) in [5.41, 5.74) is 2.95. The van der Waals surface area contributed by atoms with Gasteiger partial charge in [0, 0.05) is 25.7 Å². The summed E-state index contributed by atoms with van der Waals surface area (Å²) < 4.78 is 5.67. The molecule has 28 heavy (non-hydrogen) atoms. The van der Waals surface area contributed by atoms with Crippen molar-refractivity contribution in [3.8, 4) is 0 Å². The van der Waals surface area contributed by atoms with Gasteiger partial charge in [-0.25, -0.2) is 0 Å². The van der Waals surface area contributed by atoms with Gasteiger partial charge in [0.25, 0.3) is 5.91 Å². The third-order valence-electron chi connectivity index (χ3n) is 4.08. The molecule has 0 heterocycles. The number of amides is 1. The van der Waals surface area contributed by atoms with Gasteiger partial charge in [-0.05, 0) is 36.6 Å². The van der Waals surface area contributed by atoms with Crippen molar-refractivity contribution in [1.82, 2.24) is 16.0 Å². The zero-order valence-electron chi connectivity index (χ0n) is 16.7. The van der Waals surface area contributed by atoms with Crippen LogP contribution in [0.15, 0.2) is 59.6 Å². The Kier molecular flexibility index (Phi) is 9.58. The lowest BCUT2D eigenvalue weighted by molar-refractivity contribution is 0.0963. The van der Waals surface area contributed by atoms with Crippen LogP contribution in [-0.2, 0) is 17.8 Å². The molecule has 0 aliphatic heterocycles. The van der Waals surface area contributed by atoms with E-state index in [2.05, 4.69) is 20.9 Å². The molecule has 0 saturated carbocycles. The summed E-state index contributed by atoms with van der Waals surface area (Å²) in [5, 5.41) is 9.21. The topological polar surface area (TPSA) is 74.8 Å². The van der Waals surface area contributed by atoms with Crippen LogP contribution in [0.1, 0.15) is 28.4 Å². The van der Waals surface area contributed by atoms with Gasteiger partial charge in [-0.3, -0.25) is 9.79 Å². The van der Waals surface area contributed by atoms with Gasteiger partial charge in [0.15, 0.2) is 5.96 Å². The third-order valence-corrected chi connectivity index (χ3v) is 4.08. The zero-order valence-corrected chi connectivity index (χ0v) is 16.7. The van der Waals surface area contributed by atoms with Gasteiger partial charge in [0.1, 0.15) is 0 Å². The van der Waals surface area contributed by atoms with E-state index >= 15 is 0 Å². The molecule has 0 aliphatic carbocycles. The molecule has 0 bridgehead atoms. The number of carbonyl (C=O) groups excluding carboxylic acids is 1. The second-order valence-electron chi connectivity index (χ2n) is 6.26. The fourth-order valence-corrected chi connectivity index (χ4v) is 2.67. The number of nitrogens with zero attached hydrogens (tertiary/aromatic N) is 1. The number of guanidine groups is 1. The summed E-state index contributed by atoms with van der Waals surface area (Å²) in [6.07, 6.45) is 0.805. The first-order valence-electron chi connectivity index (χ1n) is 9.67. The molecule has 150 valence electrons. The average Bonchev–Trinajstić information content (AvgIpc) is 2.74. The second-order valence-corrected chi connectivity index (χ2v) is 6.26. The quantitative estimate of drug-likeness (QED) is 0.335. The number of carbonyl (C=O) groups is 1. The van der Waals surface area contributed by atoms with Crippen molar-refractivity contribution in [2.45, 2.75) is 20.0 Å². The minimum Gasteiger partial charge on any atom is -0.375 e. The molecule has 0 unspecified atom stereocenters. The van der Waals surface area contributed by atoms with Crippen LogP contribution in [0, 0.1) is 0 Å². The summed E-state index contributed by atoms with van der Waals surface area (Å²) in [6.45, 7) is 5.32. The van der Waals surface area contributed by atoms with Gasteiger partial charge >= 0.3 is 0 Å². The van der Waals surface area contributed by atoms with Crippen molar-refractivity contribution in [1.29, 1.82) is 0 Å². The van der Waals surface area contributed by atoms with E-state index in [1.807, 2.05) is 61.5 Å². The number of hydrogen-bond acceptors (Lipinski definition) is 3. The van der Waals surface area contributed by atoms with E-state index in [9.17, 15) is 4.79 Å². The van der Waals surface area contributed by atoms with Gasteiger partial charge in [-0.1, -0.05) is 42.5 Å². The Morgan fingerprint density at radius 2 is 1.82 bits per heavy atom. The highest BCUT2D eigenvalue weighted by molar-refractivity contribution is 5.94. The molecule has 0 aliphatic rings. The predicted octanol–water partition coefficient (Wildman–Crippen LogP) is 2.36. The highest BCUT2D eigenvalue weighted by Crippen LogP contribution is 2.05. The number of benzene rings is 2. The fraction of sp³-hybridized carbons (Fsp3) is 0.364. The molecule has 2 aromatic rings. The smallest absolute Gasteiger partial charge is 0.251 e. The van der Waals surface area contributed by atoms with Gasteiger partial charge in [-0.15, -0.1) is 0 Å². The van der Waals surface area contributed by atoms with Gasteiger partial charge in [0.2, 0.25) is 0 Å². The van der Waals surface area contributed by atoms with E-state index < -0.39 is 0 Å². The molecule has 2 rings (SSSR count). The molecule has 0 atom stereocenters. The minimum atomic E-state index is -0.0692. The SMILES string of the molecule is CCNC(=NCCOCc1ccccc1)NCCc1cccc(C(=O)NC)c1. The standard InChI is InChI=1S/C22H30N4O2/c1-3-24-22(26-14-15-28-17-19-8-5-4-6-9-19)25-13-12-18-10-7-11-20(16-18)21(27)23-2/h4-11,16H,3,12-15,17H2,1-2H3,(H,23,27)(H2,24,25,26). The van der Waals surface area contributed by atoms with Crippen LogP contribution in [-0.4, -0.2) is 45.2 Å². The lowest BCUT2D eigenvalue weighted by Crippen LogP contribution is -2.38. The largest absolute Gasteiger partial charge is 0.375 e. The van der Waals surface area contributed by atoms with E-state index in [1.54, 1.807) is 7.05 Å². The molecular weight excluding hydrogens is 352 g/mol. The Balaban J connectivity index is 1.74. The first-order chi connectivity index (χ1) is 13.7. The summed E-state index contributed by atoms with van der Waals surface area (Å²) in [6, 6.07) is 17.8. The van der Waals surface area contributed by atoms with Crippen molar-refractivity contribution in [3.63, 3.8) is 0 Å². The van der Waals surface area contributed by atoms with Crippen LogP contribution in [0.3, 0.4) is 0 Å². The minimum absolute atomic E-state index is 0.0692. The number of aliphatic imine (C=N–C) groups is 1. The molecule has 0 radical (unpaired) electrons. The maximum absolute atomic E-state index is 11.7. The van der Waals surface area contributed by atoms with Crippen molar-refractivity contribution in [2.75, 3.05) is 33.3 Å². The Bertz CT molecular complexity index is 747. The summed E-state index contributed by atoms with van der Waals surface area (Å²) in [4.78, 5) is 16.3. The van der Waals surface area contributed by atoms with E-state index in [-0.39, 0.29) is 5.91 Å². The third kappa shape index (κ3) is 7.80. The van der Waals surface area contributed by atoms with Crippen LogP contribution < -0.4 is 16.0 Å². The number of nitrogens with one attached hydrogen (secondary N) is 3. The Hall–Kier alpha value is -2.86. The van der Waals surface area contributed by atoms with E-state index in [0.717, 1.165) is 36.6 Å². The maximum Gasteiger partial charge on any atom is 0.251 e. The van der Waals surface area contributed by atoms with Crippen molar-refractivity contribution < 1.29 is 9.53 Å². The Labute approximate surface area is 167 Å². The number of ether oxygens (including phenoxy) is 1. The lowest BCUT2D eigenvalue weighted by Gasteiger charge is -2.12. The molecule has 6 heteroatoms. The zero-order chi connectivity index (χ0) is 20.0. The molecule has 6 nitrogen and oxygen atoms in total. The molecule has 0 fully saturated rings. The molecule has 1 amide bonds. The van der Waals surface area contributed by atoms with E-state index in [1.165, 1.54) is 0 Å². The van der Waals surface area contributed by atoms with Gasteiger partial charge in [0.05, 0.1) is 19.8 Å².